The van der Waals surface area contributed by atoms with E-state index in [1.54, 1.807) is 4.90 Å². The summed E-state index contributed by atoms with van der Waals surface area (Å²) in [7, 11) is 0. The number of nitrogens with two attached hydrogens (primary N) is 1. The van der Waals surface area contributed by atoms with Gasteiger partial charge in [0.25, 0.3) is 5.91 Å². The number of carboxylic acids is 2. The topological polar surface area (TPSA) is 130 Å². The fraction of sp³-hybridized carbons (Fsp3) is 0.346. The summed E-state index contributed by atoms with van der Waals surface area (Å²) >= 11 is 0. The van der Waals surface area contributed by atoms with Crippen LogP contribution in [0.1, 0.15) is 55.3 Å². The Labute approximate surface area is 199 Å². The van der Waals surface area contributed by atoms with Crippen LogP contribution >= 0.6 is 0 Å². The lowest BCUT2D eigenvalue weighted by atomic mass is 10.00. The van der Waals surface area contributed by atoms with Crippen LogP contribution < -0.4 is 10.6 Å². The molecule has 2 unspecified atom stereocenters. The molecule has 0 radical (unpaired) electrons. The number of unbranched alkanes of at least 4 members (excludes halogenated alkanes) is 1. The molecule has 0 fully saturated rings. The highest BCUT2D eigenvalue weighted by Gasteiger charge is 2.38. The van der Waals surface area contributed by atoms with Crippen molar-refractivity contribution >= 4 is 23.5 Å². The third kappa shape index (κ3) is 7.83. The number of aliphatic carboxylic acids is 2. The Balaban J connectivity index is 0.000000440. The van der Waals surface area contributed by atoms with Crippen molar-refractivity contribution in [2.24, 2.45) is 11.7 Å². The summed E-state index contributed by atoms with van der Waals surface area (Å²) in [5, 5.41) is 15.6. The van der Waals surface area contributed by atoms with Crippen molar-refractivity contribution in [3.63, 3.8) is 0 Å². The number of amides is 1. The van der Waals surface area contributed by atoms with Crippen LogP contribution in [0.5, 0.6) is 0 Å². The van der Waals surface area contributed by atoms with Crippen LogP contribution in [0.4, 0.5) is 5.69 Å². The number of carboxylic acid groups (broad SMARTS) is 2. The zero-order valence-electron chi connectivity index (χ0n) is 19.5. The van der Waals surface area contributed by atoms with Crippen LogP contribution in [0.25, 0.3) is 0 Å². The van der Waals surface area contributed by atoms with Gasteiger partial charge in [0, 0.05) is 41.6 Å². The van der Waals surface area contributed by atoms with Crippen LogP contribution in [0.3, 0.4) is 0 Å². The van der Waals surface area contributed by atoms with Crippen molar-refractivity contribution in [3.05, 3.63) is 77.9 Å². The Kier molecular flexibility index (Phi) is 10.4. The lowest BCUT2D eigenvalue weighted by Crippen LogP contribution is -2.29. The molecule has 2 atom stereocenters. The average Bonchev–Trinajstić information content (AvgIpc) is 3.10. The lowest BCUT2D eigenvalue weighted by molar-refractivity contribution is -0.134. The fourth-order valence-electron chi connectivity index (χ4n) is 3.44. The predicted molar refractivity (Wildman–Crippen MR) is 129 cm³/mol. The Morgan fingerprint density at radius 3 is 2.18 bits per heavy atom. The molecule has 4 N–H and O–H groups in total. The number of carbonyl (C=O) groups excluding carboxylic acids is 1. The molecule has 0 saturated heterocycles. The third-order valence-corrected chi connectivity index (χ3v) is 5.38. The summed E-state index contributed by atoms with van der Waals surface area (Å²) in [5.74, 6) is -2.01. The molecule has 8 heteroatoms. The number of hydrogen-bond donors (Lipinski definition) is 3. The van der Waals surface area contributed by atoms with Gasteiger partial charge in [-0.2, -0.15) is 0 Å². The smallest absolute Gasteiger partial charge is 0.328 e. The quantitative estimate of drug-likeness (QED) is 0.351. The SMILES string of the molecule is CC(C)C(N)CCCCOC1c2ccccc2C(=O)N1c1ccccc1.O=C(O)C=CC(=O)O. The standard InChI is InChI=1S/C22H28N2O2.C4H4O4/c1-16(2)20(23)14-8-9-15-26-22-19-13-7-6-12-18(19)21(25)24(22)17-10-4-3-5-11-17;5-3(6)1-2-4(7)8/h3-7,10-13,16,20,22H,8-9,14-15,23H2,1-2H3;1-2H,(H,5,6)(H,7,8). The van der Waals surface area contributed by atoms with Crippen molar-refractivity contribution < 1.29 is 29.3 Å². The minimum atomic E-state index is -1.26. The molecule has 0 spiro atoms. The van der Waals surface area contributed by atoms with E-state index in [2.05, 4.69) is 13.8 Å². The van der Waals surface area contributed by atoms with E-state index >= 15 is 0 Å². The molecule has 1 aliphatic heterocycles. The van der Waals surface area contributed by atoms with Crippen molar-refractivity contribution in [3.8, 4) is 0 Å². The monoisotopic (exact) mass is 468 g/mol. The first kappa shape index (κ1) is 26.8. The van der Waals surface area contributed by atoms with Gasteiger partial charge in [0.15, 0.2) is 6.23 Å². The van der Waals surface area contributed by atoms with Gasteiger partial charge in [-0.1, -0.05) is 50.2 Å². The maximum absolute atomic E-state index is 12.9. The Morgan fingerprint density at radius 1 is 1.00 bits per heavy atom. The highest BCUT2D eigenvalue weighted by molar-refractivity contribution is 6.10. The molecule has 182 valence electrons. The Hall–Kier alpha value is -3.49. The van der Waals surface area contributed by atoms with E-state index < -0.39 is 11.9 Å². The van der Waals surface area contributed by atoms with E-state index in [0.717, 1.165) is 36.1 Å². The van der Waals surface area contributed by atoms with Gasteiger partial charge in [-0.05, 0) is 43.4 Å². The largest absolute Gasteiger partial charge is 0.478 e. The van der Waals surface area contributed by atoms with Gasteiger partial charge >= 0.3 is 11.9 Å². The van der Waals surface area contributed by atoms with E-state index in [1.807, 2.05) is 54.6 Å². The Morgan fingerprint density at radius 2 is 1.59 bits per heavy atom. The molecular weight excluding hydrogens is 436 g/mol. The predicted octanol–water partition coefficient (Wildman–Crippen LogP) is 4.23. The number of carbonyl (C=O) groups is 3. The number of benzene rings is 2. The molecule has 1 aliphatic rings. The first-order valence-corrected chi connectivity index (χ1v) is 11.2. The second kappa shape index (κ2) is 13.3. The van der Waals surface area contributed by atoms with Crippen LogP contribution in [-0.2, 0) is 14.3 Å². The van der Waals surface area contributed by atoms with Crippen LogP contribution in [0.2, 0.25) is 0 Å². The van der Waals surface area contributed by atoms with Crippen LogP contribution in [-0.4, -0.2) is 40.7 Å². The van der Waals surface area contributed by atoms with Gasteiger partial charge in [0.05, 0.1) is 0 Å². The Bertz CT molecular complexity index is 974. The molecule has 0 saturated carbocycles. The average molecular weight is 469 g/mol. The minimum absolute atomic E-state index is 0.00127. The summed E-state index contributed by atoms with van der Waals surface area (Å²) in [6.45, 7) is 4.92. The molecule has 0 bridgehead atoms. The maximum Gasteiger partial charge on any atom is 0.328 e. The summed E-state index contributed by atoms with van der Waals surface area (Å²) in [5.41, 5.74) is 8.64. The van der Waals surface area contributed by atoms with Crippen LogP contribution in [0.15, 0.2) is 66.7 Å². The lowest BCUT2D eigenvalue weighted by Gasteiger charge is -2.25. The molecule has 34 heavy (non-hydrogen) atoms. The second-order valence-corrected chi connectivity index (χ2v) is 8.23. The van der Waals surface area contributed by atoms with E-state index in [0.29, 0.717) is 24.7 Å². The van der Waals surface area contributed by atoms with Gasteiger partial charge in [-0.3, -0.25) is 9.69 Å². The van der Waals surface area contributed by atoms with E-state index in [9.17, 15) is 14.4 Å². The first-order valence-electron chi connectivity index (χ1n) is 11.2. The summed E-state index contributed by atoms with van der Waals surface area (Å²) in [4.78, 5) is 33.8. The van der Waals surface area contributed by atoms with Crippen molar-refractivity contribution in [2.45, 2.75) is 45.4 Å². The van der Waals surface area contributed by atoms with Crippen LogP contribution in [0, 0.1) is 5.92 Å². The number of para-hydroxylation sites is 1. The number of rotatable bonds is 10. The van der Waals surface area contributed by atoms with Crippen molar-refractivity contribution in [2.75, 3.05) is 11.5 Å². The third-order valence-electron chi connectivity index (χ3n) is 5.38. The summed E-state index contributed by atoms with van der Waals surface area (Å²) in [6.07, 6.45) is 3.73. The van der Waals surface area contributed by atoms with Crippen molar-refractivity contribution in [1.29, 1.82) is 0 Å². The number of ether oxygens (including phenoxy) is 1. The molecule has 2 aromatic carbocycles. The summed E-state index contributed by atoms with van der Waals surface area (Å²) in [6, 6.07) is 17.7. The van der Waals surface area contributed by atoms with Crippen molar-refractivity contribution in [1.82, 2.24) is 0 Å². The number of anilines is 1. The summed E-state index contributed by atoms with van der Waals surface area (Å²) < 4.78 is 6.17. The molecule has 0 aliphatic carbocycles. The van der Waals surface area contributed by atoms with Gasteiger partial charge in [-0.15, -0.1) is 0 Å². The first-order chi connectivity index (χ1) is 16.2. The van der Waals surface area contributed by atoms with Gasteiger partial charge in [0.2, 0.25) is 0 Å². The molecule has 0 aromatic heterocycles. The van der Waals surface area contributed by atoms with E-state index in [4.69, 9.17) is 20.7 Å². The zero-order chi connectivity index (χ0) is 25.1. The van der Waals surface area contributed by atoms with E-state index in [1.165, 1.54) is 0 Å². The van der Waals surface area contributed by atoms with Gasteiger partial charge < -0.3 is 20.7 Å². The highest BCUT2D eigenvalue weighted by Crippen LogP contribution is 2.38. The molecule has 1 heterocycles. The minimum Gasteiger partial charge on any atom is -0.478 e. The zero-order valence-corrected chi connectivity index (χ0v) is 19.5. The maximum atomic E-state index is 12.9. The molecule has 1 amide bonds. The number of fused-ring (bicyclic) bond motifs is 1. The second-order valence-electron chi connectivity index (χ2n) is 8.23. The van der Waals surface area contributed by atoms with Gasteiger partial charge in [-0.25, -0.2) is 9.59 Å². The molecular formula is C26H32N2O6. The molecule has 3 rings (SSSR count). The van der Waals surface area contributed by atoms with E-state index in [-0.39, 0.29) is 18.2 Å². The van der Waals surface area contributed by atoms with Gasteiger partial charge in [0.1, 0.15) is 0 Å². The number of nitrogens with zero attached hydrogens (tertiary/aromatic N) is 1. The normalized spacial score (nSPS) is 15.7. The number of hydrogen-bond acceptors (Lipinski definition) is 5. The molecule has 2 aromatic rings. The molecule has 8 nitrogen and oxygen atoms in total. The highest BCUT2D eigenvalue weighted by atomic mass is 16.5. The fourth-order valence-corrected chi connectivity index (χ4v) is 3.44.